The first-order valence-electron chi connectivity index (χ1n) is 11.4. The molecule has 1 aliphatic heterocycles. The lowest BCUT2D eigenvalue weighted by Gasteiger charge is -2.23. The molecule has 0 bridgehead atoms. The molecule has 2 aromatic rings. The number of hydrogen-bond donors (Lipinski definition) is 1. The fourth-order valence-electron chi connectivity index (χ4n) is 3.95. The minimum absolute atomic E-state index is 0.0617. The van der Waals surface area contributed by atoms with Crippen LogP contribution in [0.5, 0.6) is 0 Å². The Bertz CT molecular complexity index is 1030. The molecule has 0 spiro atoms. The van der Waals surface area contributed by atoms with E-state index in [4.69, 9.17) is 0 Å². The summed E-state index contributed by atoms with van der Waals surface area (Å²) in [5.41, 5.74) is 2.27. The highest BCUT2D eigenvalue weighted by Gasteiger charge is 2.28. The summed E-state index contributed by atoms with van der Waals surface area (Å²) in [5.74, 6) is -0.480. The van der Waals surface area contributed by atoms with Crippen molar-refractivity contribution in [1.29, 1.82) is 0 Å². The van der Waals surface area contributed by atoms with Crippen molar-refractivity contribution in [2.75, 3.05) is 39.3 Å². The normalized spacial score (nSPS) is 15.5. The molecule has 1 saturated heterocycles. The number of halogens is 1. The van der Waals surface area contributed by atoms with E-state index in [-0.39, 0.29) is 17.5 Å². The number of amides is 2. The molecule has 2 aromatic carbocycles. The number of rotatable bonds is 8. The van der Waals surface area contributed by atoms with E-state index in [2.05, 4.69) is 30.1 Å². The Morgan fingerprint density at radius 2 is 1.64 bits per heavy atom. The van der Waals surface area contributed by atoms with Crippen molar-refractivity contribution in [3.8, 4) is 0 Å². The van der Waals surface area contributed by atoms with E-state index in [0.717, 1.165) is 37.3 Å². The third-order valence-corrected chi connectivity index (χ3v) is 7.94. The zero-order valence-electron chi connectivity index (χ0n) is 19.3. The number of nitrogens with zero attached hydrogens (tertiary/aromatic N) is 3. The molecule has 7 nitrogen and oxygen atoms in total. The van der Waals surface area contributed by atoms with Crippen LogP contribution in [0.3, 0.4) is 0 Å². The molecule has 1 aliphatic rings. The molecule has 0 unspecified atom stereocenters. The SMILES string of the molecule is CCN(CC)Cc1ccccc1CNC(=O)N1CCCN(S(=O)(=O)c2ccc(F)cc2)CC1. The zero-order chi connectivity index (χ0) is 23.8. The predicted molar refractivity (Wildman–Crippen MR) is 127 cm³/mol. The van der Waals surface area contributed by atoms with Gasteiger partial charge >= 0.3 is 6.03 Å². The zero-order valence-corrected chi connectivity index (χ0v) is 20.2. The first-order chi connectivity index (χ1) is 15.8. The van der Waals surface area contributed by atoms with Gasteiger partial charge in [0.1, 0.15) is 5.82 Å². The van der Waals surface area contributed by atoms with E-state index in [1.54, 1.807) is 4.90 Å². The number of sulfonamides is 1. The molecule has 1 fully saturated rings. The summed E-state index contributed by atoms with van der Waals surface area (Å²) < 4.78 is 40.3. The molecule has 33 heavy (non-hydrogen) atoms. The maximum Gasteiger partial charge on any atom is 0.317 e. The minimum atomic E-state index is -3.73. The Balaban J connectivity index is 1.59. The largest absolute Gasteiger partial charge is 0.334 e. The first kappa shape index (κ1) is 25.1. The number of hydrogen-bond acceptors (Lipinski definition) is 4. The van der Waals surface area contributed by atoms with Gasteiger partial charge in [-0.2, -0.15) is 4.31 Å². The van der Waals surface area contributed by atoms with Crippen LogP contribution < -0.4 is 5.32 Å². The molecule has 0 aliphatic carbocycles. The van der Waals surface area contributed by atoms with E-state index in [1.165, 1.54) is 22.0 Å². The van der Waals surface area contributed by atoms with Crippen LogP contribution in [0.2, 0.25) is 0 Å². The van der Waals surface area contributed by atoms with Gasteiger partial charge < -0.3 is 10.2 Å². The van der Waals surface area contributed by atoms with Crippen molar-refractivity contribution in [2.24, 2.45) is 0 Å². The summed E-state index contributed by atoms with van der Waals surface area (Å²) >= 11 is 0. The molecule has 0 atom stereocenters. The molecule has 3 rings (SSSR count). The molecule has 2 amide bonds. The lowest BCUT2D eigenvalue weighted by Crippen LogP contribution is -2.42. The minimum Gasteiger partial charge on any atom is -0.334 e. The fourth-order valence-corrected chi connectivity index (χ4v) is 5.42. The van der Waals surface area contributed by atoms with Gasteiger partial charge in [-0.25, -0.2) is 17.6 Å². The average Bonchev–Trinajstić information content (AvgIpc) is 3.09. The number of carbonyl (C=O) groups excluding carboxylic acids is 1. The highest BCUT2D eigenvalue weighted by atomic mass is 32.2. The molecular formula is C24H33FN4O3S. The summed E-state index contributed by atoms with van der Waals surface area (Å²) in [7, 11) is -3.73. The summed E-state index contributed by atoms with van der Waals surface area (Å²) in [4.78, 5) is 16.9. The molecule has 9 heteroatoms. The topological polar surface area (TPSA) is 73.0 Å². The van der Waals surface area contributed by atoms with Gasteiger partial charge in [0.2, 0.25) is 10.0 Å². The highest BCUT2D eigenvalue weighted by Crippen LogP contribution is 2.18. The third kappa shape index (κ3) is 6.52. The van der Waals surface area contributed by atoms with Gasteiger partial charge in [0.05, 0.1) is 4.90 Å². The number of benzene rings is 2. The van der Waals surface area contributed by atoms with Gasteiger partial charge in [0.15, 0.2) is 0 Å². The van der Waals surface area contributed by atoms with E-state index < -0.39 is 15.8 Å². The van der Waals surface area contributed by atoms with Crippen LogP contribution in [0.15, 0.2) is 53.4 Å². The first-order valence-corrected chi connectivity index (χ1v) is 12.9. The number of urea groups is 1. The van der Waals surface area contributed by atoms with Crippen molar-refractivity contribution in [2.45, 2.75) is 38.3 Å². The van der Waals surface area contributed by atoms with Crippen LogP contribution in [-0.2, 0) is 23.1 Å². The molecule has 1 N–H and O–H groups in total. The van der Waals surface area contributed by atoms with Crippen LogP contribution >= 0.6 is 0 Å². The van der Waals surface area contributed by atoms with Crippen molar-refractivity contribution >= 4 is 16.1 Å². The Morgan fingerprint density at radius 1 is 0.970 bits per heavy atom. The van der Waals surface area contributed by atoms with Crippen molar-refractivity contribution in [1.82, 2.24) is 19.4 Å². The standard InChI is InChI=1S/C24H33FN4O3S/c1-3-27(4-2)19-21-9-6-5-8-20(21)18-26-24(30)28-14-7-15-29(17-16-28)33(31,32)23-12-10-22(25)11-13-23/h5-6,8-13H,3-4,7,14-19H2,1-2H3,(H,26,30). The van der Waals surface area contributed by atoms with Gasteiger partial charge in [-0.15, -0.1) is 0 Å². The van der Waals surface area contributed by atoms with Crippen molar-refractivity contribution < 1.29 is 17.6 Å². The predicted octanol–water partition coefficient (Wildman–Crippen LogP) is 3.27. The van der Waals surface area contributed by atoms with Crippen molar-refractivity contribution in [3.05, 3.63) is 65.5 Å². The summed E-state index contributed by atoms with van der Waals surface area (Å²) in [6, 6.07) is 12.7. The lowest BCUT2D eigenvalue weighted by molar-refractivity contribution is 0.200. The Kier molecular flexibility index (Phi) is 8.82. The molecule has 0 saturated carbocycles. The second-order valence-electron chi connectivity index (χ2n) is 8.09. The molecular weight excluding hydrogens is 443 g/mol. The van der Waals surface area contributed by atoms with Crippen molar-refractivity contribution in [3.63, 3.8) is 0 Å². The smallest absolute Gasteiger partial charge is 0.317 e. The van der Waals surface area contributed by atoms with Gasteiger partial charge in [0, 0.05) is 39.3 Å². The van der Waals surface area contributed by atoms with E-state index in [9.17, 15) is 17.6 Å². The molecule has 1 heterocycles. The number of nitrogens with one attached hydrogen (secondary N) is 1. The lowest BCUT2D eigenvalue weighted by atomic mass is 10.1. The van der Waals surface area contributed by atoms with Crippen LogP contribution in [0.1, 0.15) is 31.4 Å². The molecule has 0 radical (unpaired) electrons. The van der Waals surface area contributed by atoms with E-state index in [1.807, 2.05) is 18.2 Å². The van der Waals surface area contributed by atoms with Crippen LogP contribution in [0, 0.1) is 5.82 Å². The van der Waals surface area contributed by atoms with E-state index >= 15 is 0 Å². The Morgan fingerprint density at radius 3 is 2.30 bits per heavy atom. The van der Waals surface area contributed by atoms with Crippen LogP contribution in [0.25, 0.3) is 0 Å². The van der Waals surface area contributed by atoms with Crippen LogP contribution in [-0.4, -0.2) is 67.8 Å². The Hall–Kier alpha value is -2.49. The van der Waals surface area contributed by atoms with Crippen LogP contribution in [0.4, 0.5) is 9.18 Å². The maximum atomic E-state index is 13.2. The monoisotopic (exact) mass is 476 g/mol. The second kappa shape index (κ2) is 11.6. The summed E-state index contributed by atoms with van der Waals surface area (Å²) in [6.07, 6.45) is 0.534. The average molecular weight is 477 g/mol. The molecule has 0 aromatic heterocycles. The van der Waals surface area contributed by atoms with Gasteiger partial charge in [0.25, 0.3) is 0 Å². The van der Waals surface area contributed by atoms with Gasteiger partial charge in [-0.05, 0) is 54.9 Å². The molecule has 180 valence electrons. The third-order valence-electron chi connectivity index (χ3n) is 6.03. The quantitative estimate of drug-likeness (QED) is 0.635. The van der Waals surface area contributed by atoms with Gasteiger partial charge in [-0.3, -0.25) is 4.90 Å². The maximum absolute atomic E-state index is 13.2. The highest BCUT2D eigenvalue weighted by molar-refractivity contribution is 7.89. The second-order valence-corrected chi connectivity index (χ2v) is 10.0. The van der Waals surface area contributed by atoms with Gasteiger partial charge in [-0.1, -0.05) is 38.1 Å². The Labute approximate surface area is 196 Å². The summed E-state index contributed by atoms with van der Waals surface area (Å²) in [6.45, 7) is 8.73. The number of carbonyl (C=O) groups is 1. The van der Waals surface area contributed by atoms with E-state index in [0.29, 0.717) is 32.6 Å². The fraction of sp³-hybridized carbons (Fsp3) is 0.458. The summed E-state index contributed by atoms with van der Waals surface area (Å²) in [5, 5.41) is 3.00.